The van der Waals surface area contributed by atoms with Crippen molar-refractivity contribution in [2.45, 2.75) is 34.6 Å². The Bertz CT molecular complexity index is 413. The first-order valence-corrected chi connectivity index (χ1v) is 5.50. The van der Waals surface area contributed by atoms with Gasteiger partial charge in [0.15, 0.2) is 0 Å². The lowest BCUT2D eigenvalue weighted by Crippen LogP contribution is -2.27. The summed E-state index contributed by atoms with van der Waals surface area (Å²) in [6, 6.07) is 2.14. The van der Waals surface area contributed by atoms with Gasteiger partial charge in [-0.05, 0) is 32.4 Å². The van der Waals surface area contributed by atoms with Crippen molar-refractivity contribution in [3.63, 3.8) is 0 Å². The fraction of sp³-hybridized carbons (Fsp3) is 0.357. The van der Waals surface area contributed by atoms with Crippen molar-refractivity contribution in [3.05, 3.63) is 40.5 Å². The molecule has 0 saturated heterocycles. The van der Waals surface area contributed by atoms with Crippen molar-refractivity contribution in [2.24, 2.45) is 0 Å². The smallest absolute Gasteiger partial charge is 0.0659 e. The molecule has 0 radical (unpaired) electrons. The van der Waals surface area contributed by atoms with Gasteiger partial charge in [-0.2, -0.15) is 0 Å². The van der Waals surface area contributed by atoms with E-state index in [1.54, 1.807) is 0 Å². The minimum Gasteiger partial charge on any atom is -0.256 e. The molecule has 0 aliphatic heterocycles. The first kappa shape index (κ1) is 13.6. The molecule has 0 saturated carbocycles. The summed E-state index contributed by atoms with van der Waals surface area (Å²) in [6.07, 6.45) is 10.0. The molecule has 0 unspecified atom stereocenters. The summed E-state index contributed by atoms with van der Waals surface area (Å²) in [5.74, 6) is 0. The Labute approximate surface area is 92.9 Å². The van der Waals surface area contributed by atoms with E-state index in [1.807, 2.05) is 52.1 Å². The van der Waals surface area contributed by atoms with E-state index in [2.05, 4.69) is 24.1 Å². The summed E-state index contributed by atoms with van der Waals surface area (Å²) in [4.78, 5) is 4.33. The van der Waals surface area contributed by atoms with Gasteiger partial charge < -0.3 is 0 Å². The molecule has 0 aliphatic carbocycles. The lowest BCUT2D eigenvalue weighted by molar-refractivity contribution is 1.18. The zero-order chi connectivity index (χ0) is 11.7. The van der Waals surface area contributed by atoms with Crippen molar-refractivity contribution in [2.75, 3.05) is 0 Å². The summed E-state index contributed by atoms with van der Waals surface area (Å²) in [6.45, 7) is 10.1. The Morgan fingerprint density at radius 1 is 1.20 bits per heavy atom. The summed E-state index contributed by atoms with van der Waals surface area (Å²) < 4.78 is 0. The Hall–Kier alpha value is -1.37. The third-order valence-electron chi connectivity index (χ3n) is 1.83. The van der Waals surface area contributed by atoms with Gasteiger partial charge in [-0.15, -0.1) is 0 Å². The molecule has 0 aliphatic rings. The number of rotatable bonds is 1. The van der Waals surface area contributed by atoms with Gasteiger partial charge in [-0.1, -0.05) is 38.2 Å². The van der Waals surface area contributed by atoms with Crippen LogP contribution in [0.4, 0.5) is 0 Å². The molecule has 0 bridgehead atoms. The summed E-state index contributed by atoms with van der Waals surface area (Å²) >= 11 is 0. The molecular formula is C14H21N. The molecule has 1 aromatic heterocycles. The highest BCUT2D eigenvalue weighted by atomic mass is 14.6. The van der Waals surface area contributed by atoms with E-state index in [-0.39, 0.29) is 0 Å². The van der Waals surface area contributed by atoms with Crippen molar-refractivity contribution >= 4 is 12.2 Å². The monoisotopic (exact) mass is 203 g/mol. The summed E-state index contributed by atoms with van der Waals surface area (Å²) in [7, 11) is 0. The van der Waals surface area contributed by atoms with Gasteiger partial charge in [0.1, 0.15) is 0 Å². The number of aryl methyl sites for hydroxylation is 1. The molecular weight excluding hydrogens is 182 g/mol. The minimum absolute atomic E-state index is 1.05. The molecule has 0 atom stereocenters. The van der Waals surface area contributed by atoms with Crippen LogP contribution in [0.2, 0.25) is 0 Å². The van der Waals surface area contributed by atoms with Crippen molar-refractivity contribution in [1.82, 2.24) is 4.98 Å². The van der Waals surface area contributed by atoms with Gasteiger partial charge in [-0.25, -0.2) is 0 Å². The highest BCUT2D eigenvalue weighted by Gasteiger charge is 1.85. The predicted octanol–water partition coefficient (Wildman–Crippen LogP) is 2.57. The second kappa shape index (κ2) is 7.98. The molecule has 1 heteroatoms. The molecule has 82 valence electrons. The highest BCUT2D eigenvalue weighted by Crippen LogP contribution is 1.83. The number of pyridine rings is 1. The molecule has 0 aromatic carbocycles. The van der Waals surface area contributed by atoms with Crippen LogP contribution < -0.4 is 10.6 Å². The van der Waals surface area contributed by atoms with Crippen LogP contribution >= 0.6 is 0 Å². The molecule has 1 aromatic rings. The van der Waals surface area contributed by atoms with Gasteiger partial charge in [0.2, 0.25) is 0 Å². The molecule has 0 spiro atoms. The molecule has 0 N–H and O–H groups in total. The maximum Gasteiger partial charge on any atom is 0.0659 e. The van der Waals surface area contributed by atoms with Crippen LogP contribution in [0.1, 0.15) is 33.3 Å². The summed E-state index contributed by atoms with van der Waals surface area (Å²) in [5, 5.41) is 2.23. The standard InChI is InChI=1S/C12H15N.C2H6/c1-4-6-7-11-8-10(3)9-13-12(11)5-2;1-2/h4-9H,1-3H3;1-2H3/b6-4-,11-7-,12-5+;. The highest BCUT2D eigenvalue weighted by molar-refractivity contribution is 5.38. The quantitative estimate of drug-likeness (QED) is 0.683. The summed E-state index contributed by atoms with van der Waals surface area (Å²) in [5.41, 5.74) is 1.20. The van der Waals surface area contributed by atoms with E-state index in [1.165, 1.54) is 10.8 Å². The second-order valence-corrected chi connectivity index (χ2v) is 2.97. The van der Waals surface area contributed by atoms with Crippen LogP contribution in [0, 0.1) is 6.92 Å². The van der Waals surface area contributed by atoms with Crippen LogP contribution in [-0.4, -0.2) is 4.98 Å². The Morgan fingerprint density at radius 2 is 1.87 bits per heavy atom. The molecule has 0 fully saturated rings. The lowest BCUT2D eigenvalue weighted by Gasteiger charge is -1.91. The fourth-order valence-electron chi connectivity index (χ4n) is 1.18. The average molecular weight is 203 g/mol. The molecule has 1 heterocycles. The van der Waals surface area contributed by atoms with Crippen molar-refractivity contribution in [3.8, 4) is 0 Å². The number of aromatic nitrogens is 1. The topological polar surface area (TPSA) is 12.9 Å². The van der Waals surface area contributed by atoms with Gasteiger partial charge in [-0.3, -0.25) is 4.98 Å². The molecule has 1 nitrogen and oxygen atoms in total. The Morgan fingerprint density at radius 3 is 2.40 bits per heavy atom. The van der Waals surface area contributed by atoms with Gasteiger partial charge in [0.05, 0.1) is 5.35 Å². The Balaban J connectivity index is 0.000000921. The molecule has 1 rings (SSSR count). The number of hydrogen-bond donors (Lipinski definition) is 0. The third kappa shape index (κ3) is 4.59. The fourth-order valence-corrected chi connectivity index (χ4v) is 1.18. The van der Waals surface area contributed by atoms with E-state index in [0.717, 1.165) is 5.35 Å². The lowest BCUT2D eigenvalue weighted by atomic mass is 10.2. The number of allylic oxidation sites excluding steroid dienone is 2. The first-order valence-electron chi connectivity index (χ1n) is 5.50. The zero-order valence-corrected chi connectivity index (χ0v) is 10.4. The van der Waals surface area contributed by atoms with E-state index < -0.39 is 0 Å². The first-order chi connectivity index (χ1) is 7.27. The van der Waals surface area contributed by atoms with Crippen LogP contribution in [0.3, 0.4) is 0 Å². The van der Waals surface area contributed by atoms with E-state index in [0.29, 0.717) is 0 Å². The largest absolute Gasteiger partial charge is 0.256 e. The van der Waals surface area contributed by atoms with Gasteiger partial charge in [0.25, 0.3) is 0 Å². The van der Waals surface area contributed by atoms with Crippen LogP contribution in [0.5, 0.6) is 0 Å². The SMILES string of the molecule is CC.C\C=C/C=c1/cc(C)cn/c1=C/C. The minimum atomic E-state index is 1.05. The van der Waals surface area contributed by atoms with Crippen molar-refractivity contribution < 1.29 is 0 Å². The normalized spacial score (nSPS) is 12.9. The average Bonchev–Trinajstić information content (AvgIpc) is 2.29. The van der Waals surface area contributed by atoms with Gasteiger partial charge >= 0.3 is 0 Å². The zero-order valence-electron chi connectivity index (χ0n) is 10.4. The molecule has 15 heavy (non-hydrogen) atoms. The van der Waals surface area contributed by atoms with Crippen LogP contribution in [0.15, 0.2) is 24.4 Å². The van der Waals surface area contributed by atoms with Crippen LogP contribution in [-0.2, 0) is 0 Å². The second-order valence-electron chi connectivity index (χ2n) is 2.97. The number of hydrogen-bond acceptors (Lipinski definition) is 1. The maximum absolute atomic E-state index is 4.33. The van der Waals surface area contributed by atoms with E-state index in [9.17, 15) is 0 Å². The predicted molar refractivity (Wildman–Crippen MR) is 69.0 cm³/mol. The van der Waals surface area contributed by atoms with Crippen LogP contribution in [0.25, 0.3) is 12.2 Å². The Kier molecular flexibility index (Phi) is 7.25. The van der Waals surface area contributed by atoms with Gasteiger partial charge in [0, 0.05) is 11.4 Å². The van der Waals surface area contributed by atoms with Crippen molar-refractivity contribution in [1.29, 1.82) is 0 Å². The number of nitrogens with zero attached hydrogens (tertiary/aromatic N) is 1. The maximum atomic E-state index is 4.33. The molecule has 0 amide bonds. The van der Waals surface area contributed by atoms with E-state index >= 15 is 0 Å². The third-order valence-corrected chi connectivity index (χ3v) is 1.83. The van der Waals surface area contributed by atoms with E-state index in [4.69, 9.17) is 0 Å².